The maximum atomic E-state index is 6.04. The molecule has 1 aromatic carbocycles. The van der Waals surface area contributed by atoms with Crippen molar-refractivity contribution in [2.45, 2.75) is 53.1 Å². The molecule has 0 spiro atoms. The second-order valence-corrected chi connectivity index (χ2v) is 6.38. The SMILES string of the molecule is CCN1CCCC1CNC(N)=NCc1c(C)cc(C)cc1C. The summed E-state index contributed by atoms with van der Waals surface area (Å²) in [6, 6.07) is 5.01. The molecule has 1 saturated heterocycles. The first-order valence-corrected chi connectivity index (χ1v) is 8.35. The Bertz CT molecular complexity index is 513. The number of hydrogen-bond donors (Lipinski definition) is 2. The first-order chi connectivity index (χ1) is 10.5. The largest absolute Gasteiger partial charge is 0.370 e. The number of nitrogens with zero attached hydrogens (tertiary/aromatic N) is 2. The van der Waals surface area contributed by atoms with E-state index in [9.17, 15) is 0 Å². The number of rotatable bonds is 5. The Balaban J connectivity index is 1.90. The van der Waals surface area contributed by atoms with Crippen LogP contribution < -0.4 is 11.1 Å². The lowest BCUT2D eigenvalue weighted by Gasteiger charge is -2.23. The van der Waals surface area contributed by atoms with Gasteiger partial charge in [0.1, 0.15) is 0 Å². The molecule has 0 aliphatic carbocycles. The minimum atomic E-state index is 0.558. The van der Waals surface area contributed by atoms with Crippen molar-refractivity contribution in [1.82, 2.24) is 10.2 Å². The molecule has 1 atom stereocenters. The number of likely N-dealkylation sites (N-methyl/N-ethyl adjacent to an activating group) is 1. The topological polar surface area (TPSA) is 53.6 Å². The van der Waals surface area contributed by atoms with E-state index >= 15 is 0 Å². The van der Waals surface area contributed by atoms with E-state index < -0.39 is 0 Å². The summed E-state index contributed by atoms with van der Waals surface area (Å²) in [4.78, 5) is 7.03. The molecule has 122 valence electrons. The maximum absolute atomic E-state index is 6.04. The van der Waals surface area contributed by atoms with Crippen LogP contribution in [-0.4, -0.2) is 36.5 Å². The molecule has 1 aliphatic rings. The van der Waals surface area contributed by atoms with Crippen LogP contribution in [0.4, 0.5) is 0 Å². The van der Waals surface area contributed by atoms with Crippen molar-refractivity contribution in [3.63, 3.8) is 0 Å². The smallest absolute Gasteiger partial charge is 0.188 e. The van der Waals surface area contributed by atoms with E-state index in [2.05, 4.69) is 55.0 Å². The lowest BCUT2D eigenvalue weighted by atomic mass is 10.00. The van der Waals surface area contributed by atoms with Gasteiger partial charge in [0.25, 0.3) is 0 Å². The van der Waals surface area contributed by atoms with Crippen LogP contribution in [-0.2, 0) is 6.54 Å². The van der Waals surface area contributed by atoms with Gasteiger partial charge in [0.15, 0.2) is 5.96 Å². The van der Waals surface area contributed by atoms with Crippen LogP contribution in [0.5, 0.6) is 0 Å². The van der Waals surface area contributed by atoms with Crippen molar-refractivity contribution in [1.29, 1.82) is 0 Å². The summed E-state index contributed by atoms with van der Waals surface area (Å²) in [6.45, 7) is 12.5. The quantitative estimate of drug-likeness (QED) is 0.649. The fourth-order valence-corrected chi connectivity index (χ4v) is 3.44. The number of nitrogens with two attached hydrogens (primary N) is 1. The average Bonchev–Trinajstić information content (AvgIpc) is 2.91. The first-order valence-electron chi connectivity index (χ1n) is 8.35. The summed E-state index contributed by atoms with van der Waals surface area (Å²) >= 11 is 0. The van der Waals surface area contributed by atoms with Crippen LogP contribution in [0.2, 0.25) is 0 Å². The third-order valence-corrected chi connectivity index (χ3v) is 4.67. The molecule has 1 aliphatic heterocycles. The highest BCUT2D eigenvalue weighted by atomic mass is 15.2. The summed E-state index contributed by atoms with van der Waals surface area (Å²) in [7, 11) is 0. The average molecular weight is 302 g/mol. The molecule has 4 heteroatoms. The third-order valence-electron chi connectivity index (χ3n) is 4.67. The van der Waals surface area contributed by atoms with Gasteiger partial charge in [0, 0.05) is 12.6 Å². The standard InChI is InChI=1S/C18H30N4/c1-5-22-8-6-7-16(22)11-20-18(19)21-12-17-14(3)9-13(2)10-15(17)4/h9-10,16H,5-8,11-12H2,1-4H3,(H3,19,20,21). The van der Waals surface area contributed by atoms with Crippen molar-refractivity contribution in [3.05, 3.63) is 34.4 Å². The third kappa shape index (κ3) is 4.23. The highest BCUT2D eigenvalue weighted by Crippen LogP contribution is 2.17. The summed E-state index contributed by atoms with van der Waals surface area (Å²) in [5.41, 5.74) is 11.2. The Hall–Kier alpha value is -1.55. The molecule has 0 amide bonds. The molecule has 0 bridgehead atoms. The van der Waals surface area contributed by atoms with E-state index in [1.165, 1.54) is 41.6 Å². The van der Waals surface area contributed by atoms with Crippen molar-refractivity contribution >= 4 is 5.96 Å². The molecular formula is C18H30N4. The molecule has 2 rings (SSSR count). The molecule has 1 aromatic rings. The summed E-state index contributed by atoms with van der Waals surface area (Å²) in [6.07, 6.45) is 2.54. The van der Waals surface area contributed by atoms with Gasteiger partial charge in [0.2, 0.25) is 0 Å². The number of nitrogens with one attached hydrogen (secondary N) is 1. The molecule has 0 saturated carbocycles. The summed E-state index contributed by atoms with van der Waals surface area (Å²) < 4.78 is 0. The predicted octanol–water partition coefficient (Wildman–Crippen LogP) is 2.50. The van der Waals surface area contributed by atoms with Gasteiger partial charge in [-0.25, -0.2) is 4.99 Å². The van der Waals surface area contributed by atoms with Gasteiger partial charge in [-0.05, 0) is 63.4 Å². The zero-order valence-electron chi connectivity index (χ0n) is 14.4. The minimum Gasteiger partial charge on any atom is -0.370 e. The van der Waals surface area contributed by atoms with Gasteiger partial charge in [-0.2, -0.15) is 0 Å². The van der Waals surface area contributed by atoms with Crippen LogP contribution in [0.3, 0.4) is 0 Å². The number of aliphatic imine (C=N–C) groups is 1. The minimum absolute atomic E-state index is 0.558. The van der Waals surface area contributed by atoms with Gasteiger partial charge in [0.05, 0.1) is 6.54 Å². The zero-order valence-corrected chi connectivity index (χ0v) is 14.4. The molecular weight excluding hydrogens is 272 g/mol. The number of benzene rings is 1. The van der Waals surface area contributed by atoms with E-state index in [1.54, 1.807) is 0 Å². The van der Waals surface area contributed by atoms with Crippen LogP contribution in [0, 0.1) is 20.8 Å². The van der Waals surface area contributed by atoms with Crippen LogP contribution in [0.25, 0.3) is 0 Å². The predicted molar refractivity (Wildman–Crippen MR) is 94.3 cm³/mol. The monoisotopic (exact) mass is 302 g/mol. The number of aryl methyl sites for hydroxylation is 3. The number of hydrogen-bond acceptors (Lipinski definition) is 2. The molecule has 4 nitrogen and oxygen atoms in total. The molecule has 1 heterocycles. The molecule has 0 aromatic heterocycles. The van der Waals surface area contributed by atoms with E-state index in [4.69, 9.17) is 5.73 Å². The molecule has 1 fully saturated rings. The van der Waals surface area contributed by atoms with Gasteiger partial charge in [-0.15, -0.1) is 0 Å². The Morgan fingerprint density at radius 1 is 1.32 bits per heavy atom. The highest BCUT2D eigenvalue weighted by molar-refractivity contribution is 5.77. The fourth-order valence-electron chi connectivity index (χ4n) is 3.44. The lowest BCUT2D eigenvalue weighted by molar-refractivity contribution is 0.267. The molecule has 22 heavy (non-hydrogen) atoms. The Morgan fingerprint density at radius 2 is 2.00 bits per heavy atom. The van der Waals surface area contributed by atoms with Gasteiger partial charge in [-0.3, -0.25) is 4.90 Å². The van der Waals surface area contributed by atoms with E-state index in [-0.39, 0.29) is 0 Å². The molecule has 0 radical (unpaired) electrons. The van der Waals surface area contributed by atoms with Crippen LogP contribution in [0.15, 0.2) is 17.1 Å². The first kappa shape index (κ1) is 16.8. The lowest BCUT2D eigenvalue weighted by Crippen LogP contribution is -2.42. The van der Waals surface area contributed by atoms with E-state index in [0.717, 1.165) is 13.1 Å². The van der Waals surface area contributed by atoms with Gasteiger partial charge < -0.3 is 11.1 Å². The second kappa shape index (κ2) is 7.63. The molecule has 1 unspecified atom stereocenters. The molecule has 3 N–H and O–H groups in total. The Kier molecular flexibility index (Phi) is 5.83. The second-order valence-electron chi connectivity index (χ2n) is 6.38. The van der Waals surface area contributed by atoms with E-state index in [1.807, 2.05) is 0 Å². The van der Waals surface area contributed by atoms with Crippen molar-refractivity contribution in [3.8, 4) is 0 Å². The Morgan fingerprint density at radius 3 is 2.64 bits per heavy atom. The highest BCUT2D eigenvalue weighted by Gasteiger charge is 2.22. The summed E-state index contributed by atoms with van der Waals surface area (Å²) in [5.74, 6) is 0.558. The normalized spacial score (nSPS) is 19.6. The summed E-state index contributed by atoms with van der Waals surface area (Å²) in [5, 5.41) is 3.30. The fraction of sp³-hybridized carbons (Fsp3) is 0.611. The van der Waals surface area contributed by atoms with Crippen molar-refractivity contribution < 1.29 is 0 Å². The van der Waals surface area contributed by atoms with Crippen LogP contribution in [0.1, 0.15) is 42.0 Å². The number of guanidine groups is 1. The van der Waals surface area contributed by atoms with Gasteiger partial charge in [-0.1, -0.05) is 24.6 Å². The van der Waals surface area contributed by atoms with Crippen molar-refractivity contribution in [2.75, 3.05) is 19.6 Å². The Labute approximate surface area is 134 Å². The zero-order chi connectivity index (χ0) is 16.1. The van der Waals surface area contributed by atoms with E-state index in [0.29, 0.717) is 18.5 Å². The van der Waals surface area contributed by atoms with Crippen LogP contribution >= 0.6 is 0 Å². The maximum Gasteiger partial charge on any atom is 0.188 e. The van der Waals surface area contributed by atoms with Gasteiger partial charge >= 0.3 is 0 Å². The number of likely N-dealkylation sites (tertiary alicyclic amines) is 1. The van der Waals surface area contributed by atoms with Crippen molar-refractivity contribution in [2.24, 2.45) is 10.7 Å².